The van der Waals surface area contributed by atoms with Crippen LogP contribution in [-0.4, -0.2) is 52.6 Å². The highest BCUT2D eigenvalue weighted by Crippen LogP contribution is 2.30. The largest absolute Gasteiger partial charge is 0.329 e. The van der Waals surface area contributed by atoms with E-state index in [-0.39, 0.29) is 36.6 Å². The van der Waals surface area contributed by atoms with Crippen LogP contribution in [0, 0.1) is 0 Å². The highest BCUT2D eigenvalue weighted by molar-refractivity contribution is 6.04. The molecule has 0 aromatic heterocycles. The lowest BCUT2D eigenvalue weighted by atomic mass is 10.1. The molecule has 80 valence electrons. The molecule has 3 aliphatic heterocycles. The summed E-state index contributed by atoms with van der Waals surface area (Å²) in [4.78, 5) is 38.3. The van der Waals surface area contributed by atoms with Crippen LogP contribution in [0.25, 0.3) is 0 Å². The Morgan fingerprint density at radius 2 is 1.73 bits per heavy atom. The van der Waals surface area contributed by atoms with Crippen LogP contribution >= 0.6 is 0 Å². The fourth-order valence-electron chi connectivity index (χ4n) is 2.81. The Kier molecular flexibility index (Phi) is 1.66. The first-order valence-electron chi connectivity index (χ1n) is 5.31. The molecule has 15 heavy (non-hydrogen) atoms. The van der Waals surface area contributed by atoms with Gasteiger partial charge in [0.05, 0.1) is 6.54 Å². The van der Waals surface area contributed by atoms with E-state index in [1.54, 1.807) is 4.90 Å². The van der Waals surface area contributed by atoms with E-state index in [0.717, 1.165) is 12.8 Å². The zero-order valence-corrected chi connectivity index (χ0v) is 8.31. The van der Waals surface area contributed by atoms with Gasteiger partial charge in [0.25, 0.3) is 0 Å². The van der Waals surface area contributed by atoms with Crippen molar-refractivity contribution in [3.05, 3.63) is 0 Å². The van der Waals surface area contributed by atoms with Crippen LogP contribution in [0.15, 0.2) is 0 Å². The molecule has 0 N–H and O–H groups in total. The maximum absolute atomic E-state index is 12.0. The van der Waals surface area contributed by atoms with Crippen LogP contribution in [0.5, 0.6) is 0 Å². The zero-order valence-electron chi connectivity index (χ0n) is 8.31. The zero-order chi connectivity index (χ0) is 10.6. The highest BCUT2D eigenvalue weighted by atomic mass is 16.2. The number of nitrogens with zero attached hydrogens (tertiary/aromatic N) is 2. The topological polar surface area (TPSA) is 57.7 Å². The highest BCUT2D eigenvalue weighted by Gasteiger charge is 2.51. The molecule has 0 radical (unpaired) electrons. The summed E-state index contributed by atoms with van der Waals surface area (Å²) in [5.74, 6) is -0.0474. The molecule has 0 spiro atoms. The minimum atomic E-state index is -0.487. The molecule has 0 aromatic carbocycles. The lowest BCUT2D eigenvalue weighted by Gasteiger charge is -2.38. The van der Waals surface area contributed by atoms with Gasteiger partial charge in [-0.3, -0.25) is 14.4 Å². The lowest BCUT2D eigenvalue weighted by molar-refractivity contribution is -0.156. The van der Waals surface area contributed by atoms with Gasteiger partial charge in [0.15, 0.2) is 5.78 Å². The SMILES string of the molecule is O=C1C[C@H]2C(=O)N3CCC[C@H]3C(=O)N2C1. The van der Waals surface area contributed by atoms with E-state index in [4.69, 9.17) is 0 Å². The van der Waals surface area contributed by atoms with Gasteiger partial charge in [-0.05, 0) is 12.8 Å². The summed E-state index contributed by atoms with van der Waals surface area (Å²) in [5, 5.41) is 0. The summed E-state index contributed by atoms with van der Waals surface area (Å²) in [7, 11) is 0. The first kappa shape index (κ1) is 8.88. The van der Waals surface area contributed by atoms with Crippen molar-refractivity contribution in [3.8, 4) is 0 Å². The molecular weight excluding hydrogens is 196 g/mol. The third-order valence-corrected chi connectivity index (χ3v) is 3.53. The molecule has 5 nitrogen and oxygen atoms in total. The minimum Gasteiger partial charge on any atom is -0.329 e. The molecule has 5 heteroatoms. The van der Waals surface area contributed by atoms with Crippen molar-refractivity contribution < 1.29 is 14.4 Å². The van der Waals surface area contributed by atoms with Crippen LogP contribution in [0.1, 0.15) is 19.3 Å². The van der Waals surface area contributed by atoms with Crippen LogP contribution < -0.4 is 0 Å². The molecular formula is C10H12N2O3. The summed E-state index contributed by atoms with van der Waals surface area (Å²) >= 11 is 0. The summed E-state index contributed by atoms with van der Waals surface area (Å²) in [6.45, 7) is 0.813. The number of rotatable bonds is 0. The second kappa shape index (κ2) is 2.81. The Bertz CT molecular complexity index is 334. The van der Waals surface area contributed by atoms with Crippen molar-refractivity contribution in [1.29, 1.82) is 0 Å². The maximum Gasteiger partial charge on any atom is 0.246 e. The minimum absolute atomic E-state index is 0.00266. The predicted octanol–water partition coefficient (Wildman–Crippen LogP) is -0.839. The van der Waals surface area contributed by atoms with Gasteiger partial charge in [-0.2, -0.15) is 0 Å². The summed E-state index contributed by atoms with van der Waals surface area (Å²) in [5.41, 5.74) is 0. The van der Waals surface area contributed by atoms with Gasteiger partial charge < -0.3 is 9.80 Å². The molecule has 2 atom stereocenters. The van der Waals surface area contributed by atoms with Gasteiger partial charge in [-0.1, -0.05) is 0 Å². The lowest BCUT2D eigenvalue weighted by Crippen LogP contribution is -2.60. The van der Waals surface area contributed by atoms with Crippen molar-refractivity contribution in [2.75, 3.05) is 13.1 Å². The van der Waals surface area contributed by atoms with E-state index in [9.17, 15) is 14.4 Å². The van der Waals surface area contributed by atoms with Crippen LogP contribution in [0.4, 0.5) is 0 Å². The Hall–Kier alpha value is -1.39. The standard InChI is InChI=1S/C10H12N2O3/c13-6-4-8-10(15)11-3-1-2-7(11)9(14)12(8)5-6/h7-8H,1-5H2/t7-,8-/m0/s1. The van der Waals surface area contributed by atoms with E-state index in [1.165, 1.54) is 4.90 Å². The van der Waals surface area contributed by atoms with Gasteiger partial charge in [0.2, 0.25) is 11.8 Å². The van der Waals surface area contributed by atoms with Crippen molar-refractivity contribution in [1.82, 2.24) is 9.80 Å². The fourth-order valence-corrected chi connectivity index (χ4v) is 2.81. The number of Topliss-reactive ketones (excluding diaryl/α,β-unsaturated/α-hetero) is 1. The second-order valence-corrected chi connectivity index (χ2v) is 4.41. The van der Waals surface area contributed by atoms with Crippen LogP contribution in [0.2, 0.25) is 0 Å². The Morgan fingerprint density at radius 1 is 1.00 bits per heavy atom. The number of amides is 2. The van der Waals surface area contributed by atoms with Crippen molar-refractivity contribution in [2.24, 2.45) is 0 Å². The number of ketones is 1. The molecule has 3 saturated heterocycles. The van der Waals surface area contributed by atoms with E-state index in [0.29, 0.717) is 6.54 Å². The van der Waals surface area contributed by atoms with E-state index in [2.05, 4.69) is 0 Å². The van der Waals surface area contributed by atoms with Gasteiger partial charge in [-0.25, -0.2) is 0 Å². The molecule has 2 amide bonds. The first-order chi connectivity index (χ1) is 7.18. The third-order valence-electron chi connectivity index (χ3n) is 3.53. The van der Waals surface area contributed by atoms with E-state index >= 15 is 0 Å². The Labute approximate surface area is 87.0 Å². The molecule has 0 aliphatic carbocycles. The average Bonchev–Trinajstić information content (AvgIpc) is 2.79. The Morgan fingerprint density at radius 3 is 2.53 bits per heavy atom. The second-order valence-electron chi connectivity index (χ2n) is 4.41. The van der Waals surface area contributed by atoms with E-state index in [1.807, 2.05) is 0 Å². The summed E-state index contributed by atoms with van der Waals surface area (Å²) in [6.07, 6.45) is 1.87. The van der Waals surface area contributed by atoms with Crippen molar-refractivity contribution >= 4 is 17.6 Å². The van der Waals surface area contributed by atoms with Gasteiger partial charge >= 0.3 is 0 Å². The first-order valence-corrected chi connectivity index (χ1v) is 5.31. The quantitative estimate of drug-likeness (QED) is 0.521. The number of carbonyl (C=O) groups excluding carboxylic acids is 3. The van der Waals surface area contributed by atoms with Crippen molar-refractivity contribution in [2.45, 2.75) is 31.3 Å². The smallest absolute Gasteiger partial charge is 0.246 e. The number of piperazine rings is 1. The maximum atomic E-state index is 12.0. The normalized spacial score (nSPS) is 34.8. The number of carbonyl (C=O) groups is 3. The molecule has 3 fully saturated rings. The van der Waals surface area contributed by atoms with Crippen molar-refractivity contribution in [3.63, 3.8) is 0 Å². The van der Waals surface area contributed by atoms with Crippen LogP contribution in [0.3, 0.4) is 0 Å². The van der Waals surface area contributed by atoms with Crippen LogP contribution in [-0.2, 0) is 14.4 Å². The fraction of sp³-hybridized carbons (Fsp3) is 0.700. The van der Waals surface area contributed by atoms with Gasteiger partial charge in [0, 0.05) is 13.0 Å². The monoisotopic (exact) mass is 208 g/mol. The Balaban J connectivity index is 1.97. The summed E-state index contributed by atoms with van der Waals surface area (Å²) < 4.78 is 0. The molecule has 3 heterocycles. The molecule has 3 aliphatic rings. The molecule has 0 bridgehead atoms. The number of hydrogen-bond donors (Lipinski definition) is 0. The van der Waals surface area contributed by atoms with Gasteiger partial charge in [-0.15, -0.1) is 0 Å². The number of hydrogen-bond acceptors (Lipinski definition) is 3. The predicted molar refractivity (Wildman–Crippen MR) is 49.9 cm³/mol. The summed E-state index contributed by atoms with van der Waals surface area (Å²) in [6, 6.07) is -0.765. The third kappa shape index (κ3) is 1.06. The molecule has 0 aromatic rings. The average molecular weight is 208 g/mol. The molecule has 0 saturated carbocycles. The number of fused-ring (bicyclic) bond motifs is 2. The van der Waals surface area contributed by atoms with E-state index < -0.39 is 6.04 Å². The molecule has 0 unspecified atom stereocenters. The van der Waals surface area contributed by atoms with Gasteiger partial charge in [0.1, 0.15) is 12.1 Å². The molecule has 3 rings (SSSR count).